The Morgan fingerprint density at radius 1 is 0.943 bits per heavy atom. The normalized spacial score (nSPS) is 13.8. The molecule has 1 aliphatic rings. The van der Waals surface area contributed by atoms with Crippen LogP contribution in [0.5, 0.6) is 11.5 Å². The highest BCUT2D eigenvalue weighted by Crippen LogP contribution is 2.40. The summed E-state index contributed by atoms with van der Waals surface area (Å²) in [6.45, 7) is 9.63. The number of ketones is 1. The van der Waals surface area contributed by atoms with Crippen LogP contribution in [0.1, 0.15) is 52.6 Å². The summed E-state index contributed by atoms with van der Waals surface area (Å²) in [5.41, 5.74) is 3.87. The van der Waals surface area contributed by atoms with Gasteiger partial charge in [0.15, 0.2) is 5.78 Å². The molecule has 3 aromatic rings. The van der Waals surface area contributed by atoms with Crippen LogP contribution in [-0.2, 0) is 4.79 Å². The van der Waals surface area contributed by atoms with Crippen LogP contribution in [0.25, 0.3) is 11.1 Å². The summed E-state index contributed by atoms with van der Waals surface area (Å²) in [5.74, 6) is -0.221. The molecule has 0 bridgehead atoms. The van der Waals surface area contributed by atoms with Crippen molar-refractivity contribution in [3.05, 3.63) is 101 Å². The average Bonchev–Trinajstić information content (AvgIpc) is 3.18. The van der Waals surface area contributed by atoms with Crippen LogP contribution in [0, 0.1) is 5.92 Å². The van der Waals surface area contributed by atoms with Gasteiger partial charge in [-0.2, -0.15) is 0 Å². The van der Waals surface area contributed by atoms with Crippen LogP contribution in [0.4, 0.5) is 0 Å². The Hall–Kier alpha value is -3.82. The maximum absolute atomic E-state index is 12.7. The molecule has 5 nitrogen and oxygen atoms in total. The lowest BCUT2D eigenvalue weighted by atomic mass is 9.91. The molecule has 0 fully saturated rings. The molecule has 1 heterocycles. The van der Waals surface area contributed by atoms with E-state index in [2.05, 4.69) is 15.8 Å². The Bertz CT molecular complexity index is 1400. The quantitative estimate of drug-likeness (QED) is 0.149. The van der Waals surface area contributed by atoms with E-state index in [-0.39, 0.29) is 11.7 Å². The first kappa shape index (κ1) is 24.3. The predicted octanol–water partition coefficient (Wildman–Crippen LogP) is 5.65. The summed E-state index contributed by atoms with van der Waals surface area (Å²) in [7, 11) is 2.54. The minimum Gasteiger partial charge on any atom is -0.422 e. The van der Waals surface area contributed by atoms with Crippen molar-refractivity contribution < 1.29 is 23.9 Å². The van der Waals surface area contributed by atoms with E-state index in [9.17, 15) is 14.4 Å². The summed E-state index contributed by atoms with van der Waals surface area (Å²) in [6, 6.07) is 19.1. The summed E-state index contributed by atoms with van der Waals surface area (Å²) in [4.78, 5) is 37.7. The first-order valence-electron chi connectivity index (χ1n) is 11.2. The van der Waals surface area contributed by atoms with Gasteiger partial charge in [0.05, 0.1) is 11.1 Å². The lowest BCUT2D eigenvalue weighted by Gasteiger charge is -2.11. The van der Waals surface area contributed by atoms with E-state index < -0.39 is 11.9 Å². The third-order valence-electron chi connectivity index (χ3n) is 5.88. The number of allylic oxidation sites excluding steroid dienone is 2. The van der Waals surface area contributed by atoms with Crippen molar-refractivity contribution in [3.63, 3.8) is 0 Å². The number of fused-ring (bicyclic) bond motifs is 1. The first-order chi connectivity index (χ1) is 16.7. The molecule has 0 aliphatic carbocycles. The third-order valence-corrected chi connectivity index (χ3v) is 6.36. The van der Waals surface area contributed by atoms with Gasteiger partial charge in [-0.25, -0.2) is 9.59 Å². The molecule has 35 heavy (non-hydrogen) atoms. The van der Waals surface area contributed by atoms with Crippen molar-refractivity contribution in [2.75, 3.05) is 0 Å². The minimum atomic E-state index is -0.482. The zero-order chi connectivity index (χ0) is 25.3. The number of Topliss-reactive ketones (excluding diaryl/α,β-unsaturated/α-hetero) is 1. The monoisotopic (exact) mass is 484 g/mol. The number of benzene rings is 3. The second kappa shape index (κ2) is 9.81. The Kier molecular flexibility index (Phi) is 6.81. The van der Waals surface area contributed by atoms with E-state index in [4.69, 9.17) is 9.47 Å². The van der Waals surface area contributed by atoms with E-state index in [1.165, 1.54) is 0 Å². The molecule has 0 radical (unpaired) electrons. The topological polar surface area (TPSA) is 69.7 Å². The van der Waals surface area contributed by atoms with E-state index in [0.29, 0.717) is 44.9 Å². The van der Waals surface area contributed by atoms with E-state index >= 15 is 0 Å². The molecule has 4 rings (SSSR count). The zero-order valence-corrected chi connectivity index (χ0v) is 20.9. The van der Waals surface area contributed by atoms with E-state index in [1.54, 1.807) is 61.5 Å². The number of esters is 2. The van der Waals surface area contributed by atoms with Gasteiger partial charge in [0.1, 0.15) is 11.5 Å². The predicted molar refractivity (Wildman–Crippen MR) is 140 cm³/mol. The first-order valence-corrected chi connectivity index (χ1v) is 11.7. The number of para-hydroxylation sites is 1. The summed E-state index contributed by atoms with van der Waals surface area (Å²) < 4.78 is 10.9. The maximum atomic E-state index is 12.7. The molecule has 0 spiro atoms. The smallest absolute Gasteiger partial charge is 0.344 e. The number of hydrogen-bond donors (Lipinski definition) is 0. The lowest BCUT2D eigenvalue weighted by Crippen LogP contribution is -2.12. The third kappa shape index (κ3) is 4.87. The Morgan fingerprint density at radius 3 is 2.23 bits per heavy atom. The fourth-order valence-corrected chi connectivity index (χ4v) is 4.09. The molecular weight excluding hydrogens is 459 g/mol. The lowest BCUT2D eigenvalue weighted by molar-refractivity contribution is -0.127. The van der Waals surface area contributed by atoms with Crippen LogP contribution >= 0.6 is 9.24 Å². The van der Waals surface area contributed by atoms with Crippen molar-refractivity contribution >= 4 is 43.4 Å². The molecule has 1 unspecified atom stereocenters. The number of carbonyl (C=O) groups is 3. The van der Waals surface area contributed by atoms with Crippen molar-refractivity contribution in [3.8, 4) is 11.5 Å². The molecule has 1 atom stereocenters. The number of rotatable bonds is 6. The highest BCUT2D eigenvalue weighted by Gasteiger charge is 2.30. The molecule has 0 saturated carbocycles. The molecule has 0 amide bonds. The molecule has 1 aliphatic heterocycles. The van der Waals surface area contributed by atoms with Crippen molar-refractivity contribution in [2.24, 2.45) is 5.92 Å². The summed E-state index contributed by atoms with van der Waals surface area (Å²) in [5, 5.41) is 0.787. The highest BCUT2D eigenvalue weighted by atomic mass is 31.0. The van der Waals surface area contributed by atoms with Gasteiger partial charge >= 0.3 is 11.9 Å². The van der Waals surface area contributed by atoms with Crippen molar-refractivity contribution in [2.45, 2.75) is 20.8 Å². The van der Waals surface area contributed by atoms with Gasteiger partial charge in [0.25, 0.3) is 0 Å². The fourth-order valence-electron chi connectivity index (χ4n) is 3.82. The molecule has 3 aromatic carbocycles. The second-order valence-electron chi connectivity index (χ2n) is 8.60. The molecular formula is C29H25O5P. The van der Waals surface area contributed by atoms with Gasteiger partial charge in [-0.3, -0.25) is 4.79 Å². The molecule has 0 saturated heterocycles. The van der Waals surface area contributed by atoms with E-state index in [1.807, 2.05) is 26.0 Å². The van der Waals surface area contributed by atoms with Gasteiger partial charge in [-0.05, 0) is 60.0 Å². The van der Waals surface area contributed by atoms with Crippen LogP contribution in [-0.4, -0.2) is 17.7 Å². The van der Waals surface area contributed by atoms with Crippen LogP contribution < -0.4 is 14.8 Å². The fraction of sp³-hybridized carbons (Fsp3) is 0.138. The van der Waals surface area contributed by atoms with Gasteiger partial charge in [-0.15, -0.1) is 9.24 Å². The summed E-state index contributed by atoms with van der Waals surface area (Å²) in [6.07, 6.45) is 0. The zero-order valence-electron chi connectivity index (χ0n) is 19.8. The van der Waals surface area contributed by atoms with Crippen molar-refractivity contribution in [1.29, 1.82) is 0 Å². The van der Waals surface area contributed by atoms with Gasteiger partial charge < -0.3 is 9.47 Å². The van der Waals surface area contributed by atoms with Gasteiger partial charge in [0, 0.05) is 22.3 Å². The molecule has 0 N–H and O–H groups in total. The molecule has 176 valence electrons. The standard InChI is InChI=1S/C29H25O5P/c1-16(2)27(30)21-13-14-23-22(15-21)26(29(32)33-23)18(4)17(3)19-9-11-20(12-10-19)28(31)34-24-7-5-6-8-25(24)35/h5-16H,3,35H2,1-2,4H3. The van der Waals surface area contributed by atoms with E-state index in [0.717, 1.165) is 10.9 Å². The summed E-state index contributed by atoms with van der Waals surface area (Å²) >= 11 is 0. The average molecular weight is 484 g/mol. The number of ether oxygens (including phenoxy) is 2. The van der Waals surface area contributed by atoms with Crippen LogP contribution in [0.2, 0.25) is 0 Å². The maximum Gasteiger partial charge on any atom is 0.344 e. The van der Waals surface area contributed by atoms with Crippen LogP contribution in [0.15, 0.2) is 78.9 Å². The van der Waals surface area contributed by atoms with Crippen LogP contribution in [0.3, 0.4) is 0 Å². The minimum absolute atomic E-state index is 0.00487. The Balaban J connectivity index is 1.60. The SMILES string of the molecule is C=C(C(C)=C1C(=O)Oc2ccc(C(=O)C(C)C)cc21)c1ccc(C(=O)Oc2ccccc2P)cc1. The highest BCUT2D eigenvalue weighted by molar-refractivity contribution is 7.27. The molecule has 0 aromatic heterocycles. The Morgan fingerprint density at radius 2 is 1.57 bits per heavy atom. The molecule has 6 heteroatoms. The van der Waals surface area contributed by atoms with Gasteiger partial charge in [0.2, 0.25) is 0 Å². The number of carbonyl (C=O) groups excluding carboxylic acids is 3. The second-order valence-corrected chi connectivity index (χ2v) is 9.22. The number of hydrogen-bond acceptors (Lipinski definition) is 5. The van der Waals surface area contributed by atoms with Crippen molar-refractivity contribution in [1.82, 2.24) is 0 Å². The largest absolute Gasteiger partial charge is 0.422 e. The Labute approximate surface area is 206 Å². The van der Waals surface area contributed by atoms with Gasteiger partial charge in [-0.1, -0.05) is 50.8 Å².